The first-order valence-electron chi connectivity index (χ1n) is 6.82. The number of nitrogens with one attached hydrogen (secondary N) is 1. The molecule has 7 heteroatoms. The molecule has 0 bridgehead atoms. The molecule has 21 heavy (non-hydrogen) atoms. The lowest BCUT2D eigenvalue weighted by atomic mass is 10.2. The minimum Gasteiger partial charge on any atom is -0.462 e. The number of ether oxygens (including phenoxy) is 1. The quantitative estimate of drug-likeness (QED) is 0.827. The number of esters is 1. The third-order valence-corrected chi connectivity index (χ3v) is 3.82. The number of hydrogen-bond acceptors (Lipinski definition) is 7. The maximum absolute atomic E-state index is 11.7. The molecule has 112 valence electrons. The predicted octanol–water partition coefficient (Wildman–Crippen LogP) is 2.98. The highest BCUT2D eigenvalue weighted by Crippen LogP contribution is 2.22. The van der Waals surface area contributed by atoms with Crippen LogP contribution in [0.2, 0.25) is 0 Å². The van der Waals surface area contributed by atoms with Crippen LogP contribution < -0.4 is 5.32 Å². The van der Waals surface area contributed by atoms with Crippen molar-refractivity contribution in [2.45, 2.75) is 33.2 Å². The van der Waals surface area contributed by atoms with Gasteiger partial charge in [-0.2, -0.15) is 0 Å². The summed E-state index contributed by atoms with van der Waals surface area (Å²) < 4.78 is 4.96. The summed E-state index contributed by atoms with van der Waals surface area (Å²) in [7, 11) is 0. The van der Waals surface area contributed by atoms with Gasteiger partial charge in [0.1, 0.15) is 5.01 Å². The van der Waals surface area contributed by atoms with Gasteiger partial charge in [0.15, 0.2) is 0 Å². The topological polar surface area (TPSA) is 77.0 Å². The molecule has 1 atom stereocenters. The van der Waals surface area contributed by atoms with Crippen molar-refractivity contribution in [2.75, 3.05) is 11.9 Å². The monoisotopic (exact) mass is 306 g/mol. The molecule has 1 N–H and O–H groups in total. The molecule has 0 aliphatic heterocycles. The highest BCUT2D eigenvalue weighted by molar-refractivity contribution is 7.09. The molecular formula is C14H18N4O2S. The van der Waals surface area contributed by atoms with Gasteiger partial charge in [-0.25, -0.2) is 19.7 Å². The highest BCUT2D eigenvalue weighted by atomic mass is 32.1. The van der Waals surface area contributed by atoms with Gasteiger partial charge in [-0.1, -0.05) is 6.92 Å². The second-order valence-corrected chi connectivity index (χ2v) is 5.31. The lowest BCUT2D eigenvalue weighted by Crippen LogP contribution is -2.14. The van der Waals surface area contributed by atoms with Crippen LogP contribution in [0.1, 0.15) is 47.4 Å². The zero-order valence-corrected chi connectivity index (χ0v) is 13.1. The van der Waals surface area contributed by atoms with Gasteiger partial charge in [0.05, 0.1) is 23.9 Å². The third-order valence-electron chi connectivity index (χ3n) is 2.94. The average Bonchev–Trinajstić information content (AvgIpc) is 2.99. The van der Waals surface area contributed by atoms with Gasteiger partial charge in [-0.05, 0) is 20.3 Å². The fourth-order valence-electron chi connectivity index (χ4n) is 1.85. The van der Waals surface area contributed by atoms with Crippen molar-refractivity contribution in [3.05, 3.63) is 34.0 Å². The summed E-state index contributed by atoms with van der Waals surface area (Å²) in [5, 5.41) is 6.18. The third kappa shape index (κ3) is 3.75. The molecule has 0 fully saturated rings. The van der Waals surface area contributed by atoms with Crippen molar-refractivity contribution >= 4 is 23.3 Å². The molecular weight excluding hydrogens is 288 g/mol. The zero-order valence-electron chi connectivity index (χ0n) is 12.3. The van der Waals surface area contributed by atoms with Gasteiger partial charge < -0.3 is 10.1 Å². The first-order valence-corrected chi connectivity index (χ1v) is 7.70. The Labute approximate surface area is 127 Å². The Balaban J connectivity index is 2.14. The molecule has 2 rings (SSSR count). The summed E-state index contributed by atoms with van der Waals surface area (Å²) >= 11 is 1.59. The molecule has 6 nitrogen and oxygen atoms in total. The number of anilines is 1. The van der Waals surface area contributed by atoms with Crippen LogP contribution in [0.4, 0.5) is 5.95 Å². The molecule has 0 radical (unpaired) electrons. The Bertz CT molecular complexity index is 601. The van der Waals surface area contributed by atoms with Crippen LogP contribution in [0.15, 0.2) is 17.8 Å². The van der Waals surface area contributed by atoms with E-state index in [1.54, 1.807) is 31.4 Å². The Morgan fingerprint density at radius 3 is 2.81 bits per heavy atom. The van der Waals surface area contributed by atoms with Crippen LogP contribution in [-0.4, -0.2) is 27.5 Å². The Kier molecular flexibility index (Phi) is 5.21. The second kappa shape index (κ2) is 7.12. The van der Waals surface area contributed by atoms with E-state index in [9.17, 15) is 4.79 Å². The normalized spacial score (nSPS) is 12.0. The summed E-state index contributed by atoms with van der Waals surface area (Å²) in [5.74, 6) is 0.0936. The first-order chi connectivity index (χ1) is 10.2. The van der Waals surface area contributed by atoms with Crippen LogP contribution in [-0.2, 0) is 4.74 Å². The molecule has 1 unspecified atom stereocenters. The number of hydrogen-bond donors (Lipinski definition) is 1. The predicted molar refractivity (Wildman–Crippen MR) is 81.5 cm³/mol. The Morgan fingerprint density at radius 1 is 1.43 bits per heavy atom. The van der Waals surface area contributed by atoms with Crippen LogP contribution >= 0.6 is 11.3 Å². The van der Waals surface area contributed by atoms with Crippen molar-refractivity contribution in [2.24, 2.45) is 0 Å². The van der Waals surface area contributed by atoms with E-state index in [1.807, 2.05) is 5.38 Å². The summed E-state index contributed by atoms with van der Waals surface area (Å²) in [6.45, 7) is 5.94. The number of thiazole rings is 1. The van der Waals surface area contributed by atoms with E-state index in [-0.39, 0.29) is 6.04 Å². The van der Waals surface area contributed by atoms with Crippen molar-refractivity contribution in [3.8, 4) is 0 Å². The highest BCUT2D eigenvalue weighted by Gasteiger charge is 2.16. The van der Waals surface area contributed by atoms with E-state index >= 15 is 0 Å². The zero-order chi connectivity index (χ0) is 15.2. The number of nitrogens with zero attached hydrogens (tertiary/aromatic N) is 3. The summed E-state index contributed by atoms with van der Waals surface area (Å²) in [6, 6.07) is 0.0674. The molecule has 2 heterocycles. The van der Waals surface area contributed by atoms with Crippen molar-refractivity contribution in [1.29, 1.82) is 0 Å². The lowest BCUT2D eigenvalue weighted by molar-refractivity contribution is 0.0524. The Morgan fingerprint density at radius 2 is 2.24 bits per heavy atom. The van der Waals surface area contributed by atoms with Gasteiger partial charge >= 0.3 is 5.97 Å². The van der Waals surface area contributed by atoms with Gasteiger partial charge in [0, 0.05) is 17.8 Å². The maximum Gasteiger partial charge on any atom is 0.341 e. The van der Waals surface area contributed by atoms with Crippen molar-refractivity contribution < 1.29 is 9.53 Å². The average molecular weight is 306 g/mol. The van der Waals surface area contributed by atoms with E-state index in [0.717, 1.165) is 11.4 Å². The fourth-order valence-corrected chi connectivity index (χ4v) is 2.62. The largest absolute Gasteiger partial charge is 0.462 e. The van der Waals surface area contributed by atoms with E-state index in [4.69, 9.17) is 4.74 Å². The first kappa shape index (κ1) is 15.4. The van der Waals surface area contributed by atoms with Crippen LogP contribution in [0.25, 0.3) is 0 Å². The number of carbonyl (C=O) groups excluding carboxylic acids is 1. The van der Waals surface area contributed by atoms with E-state index in [0.29, 0.717) is 23.8 Å². The maximum atomic E-state index is 11.7. The number of rotatable bonds is 6. The molecule has 0 aliphatic carbocycles. The second-order valence-electron chi connectivity index (χ2n) is 4.39. The Hall–Kier alpha value is -2.02. The summed E-state index contributed by atoms with van der Waals surface area (Å²) in [6.07, 6.45) is 4.15. The van der Waals surface area contributed by atoms with Crippen LogP contribution in [0, 0.1) is 6.92 Å². The van der Waals surface area contributed by atoms with E-state index in [2.05, 4.69) is 27.2 Å². The number of aryl methyl sites for hydroxylation is 1. The van der Waals surface area contributed by atoms with Gasteiger partial charge in [-0.3, -0.25) is 0 Å². The van der Waals surface area contributed by atoms with Gasteiger partial charge in [0.2, 0.25) is 5.95 Å². The molecule has 2 aromatic heterocycles. The van der Waals surface area contributed by atoms with E-state index in [1.165, 1.54) is 6.20 Å². The smallest absolute Gasteiger partial charge is 0.341 e. The molecule has 0 aliphatic rings. The molecule has 0 amide bonds. The molecule has 2 aromatic rings. The fraction of sp³-hybridized carbons (Fsp3) is 0.429. The SMILES string of the molecule is CCOC(=O)c1cnc(NC(CC)c2nccs2)nc1C. The summed E-state index contributed by atoms with van der Waals surface area (Å²) in [5.41, 5.74) is 0.990. The van der Waals surface area contributed by atoms with Gasteiger partial charge in [-0.15, -0.1) is 11.3 Å². The molecule has 0 spiro atoms. The van der Waals surface area contributed by atoms with Gasteiger partial charge in [0.25, 0.3) is 0 Å². The lowest BCUT2D eigenvalue weighted by Gasteiger charge is -2.15. The van der Waals surface area contributed by atoms with Crippen molar-refractivity contribution in [3.63, 3.8) is 0 Å². The molecule has 0 aromatic carbocycles. The molecule has 0 saturated carbocycles. The number of aromatic nitrogens is 3. The minimum atomic E-state index is -0.395. The van der Waals surface area contributed by atoms with E-state index < -0.39 is 5.97 Å². The standard InChI is InChI=1S/C14H18N4O2S/c1-4-11(12-15-6-7-21-12)18-14-16-8-10(9(3)17-14)13(19)20-5-2/h6-8,11H,4-5H2,1-3H3,(H,16,17,18). The molecule has 0 saturated heterocycles. The van der Waals surface area contributed by atoms with Crippen LogP contribution in [0.5, 0.6) is 0 Å². The van der Waals surface area contributed by atoms with Crippen LogP contribution in [0.3, 0.4) is 0 Å². The van der Waals surface area contributed by atoms with Crippen molar-refractivity contribution in [1.82, 2.24) is 15.0 Å². The summed E-state index contributed by atoms with van der Waals surface area (Å²) in [4.78, 5) is 24.5. The number of carbonyl (C=O) groups is 1. The minimum absolute atomic E-state index is 0.0674.